The minimum Gasteiger partial charge on any atom is -0.345 e. The summed E-state index contributed by atoms with van der Waals surface area (Å²) < 4.78 is 32.9. The molecule has 184 valence electrons. The lowest BCUT2D eigenvalue weighted by Gasteiger charge is -2.32. The van der Waals surface area contributed by atoms with E-state index in [1.807, 2.05) is 17.0 Å². The second kappa shape index (κ2) is 10.9. The summed E-state index contributed by atoms with van der Waals surface area (Å²) in [5.74, 6) is -1.71. The first-order valence-corrected chi connectivity index (χ1v) is 13.1. The van der Waals surface area contributed by atoms with Gasteiger partial charge in [0, 0.05) is 25.0 Å². The Bertz CT molecular complexity index is 1150. The molecule has 1 aromatic heterocycles. The maximum absolute atomic E-state index is 12.8. The molecule has 1 aliphatic heterocycles. The minimum atomic E-state index is -4.37. The number of aryl methyl sites for hydroxylation is 1. The summed E-state index contributed by atoms with van der Waals surface area (Å²) in [6.45, 7) is 4.65. The van der Waals surface area contributed by atoms with Crippen LogP contribution in [0.15, 0.2) is 29.6 Å². The van der Waals surface area contributed by atoms with Gasteiger partial charge in [0.2, 0.25) is 5.91 Å². The molecule has 13 heteroatoms. The number of benzene rings is 1. The van der Waals surface area contributed by atoms with Crippen LogP contribution >= 0.6 is 11.3 Å². The van der Waals surface area contributed by atoms with Gasteiger partial charge in [-0.1, -0.05) is 19.1 Å². The highest BCUT2D eigenvalue weighted by molar-refractivity contribution is 7.87. The Labute approximate surface area is 202 Å². The Morgan fingerprint density at radius 1 is 1.15 bits per heavy atom. The molecule has 0 aliphatic carbocycles. The Morgan fingerprint density at radius 2 is 1.79 bits per heavy atom. The summed E-state index contributed by atoms with van der Waals surface area (Å²) in [6, 6.07) is 5.86. The smallest absolute Gasteiger partial charge is 0.345 e. The van der Waals surface area contributed by atoms with Gasteiger partial charge in [-0.2, -0.15) is 8.42 Å². The number of thiazole rings is 1. The Kier molecular flexibility index (Phi) is 8.23. The van der Waals surface area contributed by atoms with Gasteiger partial charge in [-0.05, 0) is 37.5 Å². The third-order valence-electron chi connectivity index (χ3n) is 5.32. The number of anilines is 1. The van der Waals surface area contributed by atoms with E-state index in [9.17, 15) is 22.8 Å². The van der Waals surface area contributed by atoms with E-state index in [2.05, 4.69) is 10.3 Å². The highest BCUT2D eigenvalue weighted by atomic mass is 32.2. The largest absolute Gasteiger partial charge is 0.357 e. The molecule has 1 atom stereocenters. The van der Waals surface area contributed by atoms with Gasteiger partial charge in [0.05, 0.1) is 17.4 Å². The van der Waals surface area contributed by atoms with E-state index in [0.29, 0.717) is 24.5 Å². The van der Waals surface area contributed by atoms with E-state index in [4.69, 9.17) is 4.55 Å². The normalized spacial score (nSPS) is 15.4. The maximum atomic E-state index is 12.8. The number of nitrogens with zero attached hydrogens (tertiary/aromatic N) is 3. The summed E-state index contributed by atoms with van der Waals surface area (Å²) in [5, 5.41) is 5.53. The number of likely N-dealkylation sites (N-methyl/N-ethyl adjacent to an activating group) is 1. The summed E-state index contributed by atoms with van der Waals surface area (Å²) in [7, 11) is -4.37. The van der Waals surface area contributed by atoms with Crippen LogP contribution < -0.4 is 10.0 Å². The number of rotatable bonds is 10. The predicted octanol–water partition coefficient (Wildman–Crippen LogP) is 1.01. The third kappa shape index (κ3) is 6.74. The quantitative estimate of drug-likeness (QED) is 0.320. The molecule has 2 heterocycles. The first-order chi connectivity index (χ1) is 16.1. The maximum Gasteiger partial charge on any atom is 0.357 e. The number of amides is 3. The van der Waals surface area contributed by atoms with Gasteiger partial charge < -0.3 is 15.1 Å². The second-order valence-electron chi connectivity index (χ2n) is 7.74. The number of carbonyl (C=O) groups excluding carboxylic acids is 3. The van der Waals surface area contributed by atoms with Crippen molar-refractivity contribution in [2.24, 2.45) is 0 Å². The van der Waals surface area contributed by atoms with Crippen LogP contribution in [0.4, 0.5) is 5.69 Å². The van der Waals surface area contributed by atoms with Gasteiger partial charge in [0.25, 0.3) is 0 Å². The molecule has 0 radical (unpaired) electrons. The fraction of sp³-hybridized carbons (Fsp3) is 0.429. The molecule has 1 aromatic carbocycles. The molecular formula is C21H27N5O6S2. The van der Waals surface area contributed by atoms with Crippen LogP contribution in [0.3, 0.4) is 0 Å². The lowest BCUT2D eigenvalue weighted by Crippen LogP contribution is -2.56. The van der Waals surface area contributed by atoms with E-state index in [1.165, 1.54) is 33.3 Å². The van der Waals surface area contributed by atoms with E-state index in [0.717, 1.165) is 17.7 Å². The van der Waals surface area contributed by atoms with Crippen LogP contribution in [0, 0.1) is 0 Å². The third-order valence-corrected chi connectivity index (χ3v) is 6.82. The van der Waals surface area contributed by atoms with Crippen LogP contribution in [-0.4, -0.2) is 71.7 Å². The molecule has 34 heavy (non-hydrogen) atoms. The molecule has 0 unspecified atom stereocenters. The zero-order valence-electron chi connectivity index (χ0n) is 18.9. The Hall–Kier alpha value is -3.03. The van der Waals surface area contributed by atoms with Crippen molar-refractivity contribution >= 4 is 45.0 Å². The van der Waals surface area contributed by atoms with Gasteiger partial charge >= 0.3 is 22.1 Å². The highest BCUT2D eigenvalue weighted by Crippen LogP contribution is 2.24. The molecule has 1 saturated heterocycles. The number of aromatic nitrogens is 1. The molecule has 2 aromatic rings. The fourth-order valence-electron chi connectivity index (χ4n) is 3.52. The lowest BCUT2D eigenvalue weighted by molar-refractivity contribution is -0.156. The summed E-state index contributed by atoms with van der Waals surface area (Å²) in [6.07, 6.45) is 1.11. The van der Waals surface area contributed by atoms with Gasteiger partial charge in [-0.25, -0.2) is 4.98 Å². The van der Waals surface area contributed by atoms with E-state index < -0.39 is 34.1 Å². The van der Waals surface area contributed by atoms with Crippen LogP contribution in [0.2, 0.25) is 0 Å². The van der Waals surface area contributed by atoms with Crippen LogP contribution in [0.25, 0.3) is 0 Å². The van der Waals surface area contributed by atoms with Crippen LogP contribution in [-0.2, 0) is 37.5 Å². The predicted molar refractivity (Wildman–Crippen MR) is 127 cm³/mol. The van der Waals surface area contributed by atoms with Crippen LogP contribution in [0.5, 0.6) is 0 Å². The van der Waals surface area contributed by atoms with Crippen molar-refractivity contribution in [3.05, 3.63) is 45.9 Å². The number of carbonyl (C=O) groups is 3. The van der Waals surface area contributed by atoms with Gasteiger partial charge in [-0.15, -0.1) is 11.3 Å². The summed E-state index contributed by atoms with van der Waals surface area (Å²) in [4.78, 5) is 44.5. The zero-order valence-corrected chi connectivity index (χ0v) is 20.5. The Balaban J connectivity index is 1.71. The zero-order chi connectivity index (χ0) is 24.9. The molecule has 3 amide bonds. The number of hydrogen-bond acceptors (Lipinski definition) is 7. The van der Waals surface area contributed by atoms with Crippen molar-refractivity contribution in [3.8, 4) is 0 Å². The average Bonchev–Trinajstić information content (AvgIpc) is 3.26. The van der Waals surface area contributed by atoms with Crippen molar-refractivity contribution < 1.29 is 27.4 Å². The average molecular weight is 510 g/mol. The topological polar surface area (TPSA) is 149 Å². The molecule has 3 rings (SSSR count). The fourth-order valence-corrected chi connectivity index (χ4v) is 4.91. The molecule has 11 nitrogen and oxygen atoms in total. The number of piperazine rings is 1. The molecule has 0 spiro atoms. The second-order valence-corrected chi connectivity index (χ2v) is 9.78. The summed E-state index contributed by atoms with van der Waals surface area (Å²) in [5.41, 5.74) is 1.88. The molecule has 1 fully saturated rings. The monoisotopic (exact) mass is 509 g/mol. The number of nitrogens with one attached hydrogen (secondary N) is 2. The van der Waals surface area contributed by atoms with Gasteiger partial charge in [0.1, 0.15) is 11.6 Å². The van der Waals surface area contributed by atoms with Gasteiger partial charge in [-0.3, -0.25) is 23.7 Å². The molecule has 0 bridgehead atoms. The Morgan fingerprint density at radius 3 is 2.38 bits per heavy atom. The highest BCUT2D eigenvalue weighted by Gasteiger charge is 2.33. The van der Waals surface area contributed by atoms with Crippen molar-refractivity contribution in [2.75, 3.05) is 30.9 Å². The summed E-state index contributed by atoms with van der Waals surface area (Å²) >= 11 is 1.41. The van der Waals surface area contributed by atoms with Gasteiger partial charge in [0.15, 0.2) is 0 Å². The van der Waals surface area contributed by atoms with Crippen molar-refractivity contribution in [3.63, 3.8) is 0 Å². The minimum absolute atomic E-state index is 0.198. The van der Waals surface area contributed by atoms with Crippen LogP contribution in [0.1, 0.15) is 36.2 Å². The number of hydrogen-bond donors (Lipinski definition) is 3. The first-order valence-electron chi connectivity index (χ1n) is 10.8. The SMILES string of the molecule is CCc1csc([C@H](Cc2ccc(NS(=O)(=O)O)cc2)NC(=O)CN2CCN(CC)C(=O)C2=O)n1. The molecule has 3 N–H and O–H groups in total. The van der Waals surface area contributed by atoms with E-state index in [-0.39, 0.29) is 18.8 Å². The van der Waals surface area contributed by atoms with Crippen molar-refractivity contribution in [2.45, 2.75) is 32.7 Å². The standard InChI is InChI=1S/C21H27N5O6S2/c1-3-15-13-33-19(22-15)17(11-14-5-7-16(8-6-14)24-34(30,31)32)23-18(27)12-26-10-9-25(4-2)20(28)21(26)29/h5-8,13,17,24H,3-4,9-12H2,1-2H3,(H,23,27)(H,30,31,32)/t17-/m0/s1. The van der Waals surface area contributed by atoms with E-state index >= 15 is 0 Å². The molecule has 1 aliphatic rings. The molecular weight excluding hydrogens is 482 g/mol. The first kappa shape index (κ1) is 25.6. The lowest BCUT2D eigenvalue weighted by atomic mass is 10.1. The molecule has 0 saturated carbocycles. The van der Waals surface area contributed by atoms with Crippen molar-refractivity contribution in [1.29, 1.82) is 0 Å². The van der Waals surface area contributed by atoms with Crippen molar-refractivity contribution in [1.82, 2.24) is 20.1 Å². The van der Waals surface area contributed by atoms with E-state index in [1.54, 1.807) is 19.1 Å².